The molecule has 0 aliphatic heterocycles. The molecule has 8 aromatic carbocycles. The van der Waals surface area contributed by atoms with Crippen molar-refractivity contribution >= 4 is 102 Å². The van der Waals surface area contributed by atoms with Crippen molar-refractivity contribution in [1.29, 1.82) is 0 Å². The van der Waals surface area contributed by atoms with Crippen molar-refractivity contribution in [2.75, 3.05) is 0 Å². The Morgan fingerprint density at radius 3 is 1.36 bits per heavy atom. The van der Waals surface area contributed by atoms with Crippen LogP contribution in [-0.4, -0.2) is 9.13 Å². The van der Waals surface area contributed by atoms with Gasteiger partial charge in [0.25, 0.3) is 0 Å². The Bertz CT molecular complexity index is 3680. The minimum Gasteiger partial charge on any atom is -0.308 e. The van der Waals surface area contributed by atoms with Crippen molar-refractivity contribution in [2.24, 2.45) is 5.92 Å². The van der Waals surface area contributed by atoms with Gasteiger partial charge >= 0.3 is 0 Å². The first-order valence-electron chi connectivity index (χ1n) is 20.5. The van der Waals surface area contributed by atoms with Crippen molar-refractivity contribution in [3.63, 3.8) is 0 Å². The molecule has 59 heavy (non-hydrogen) atoms. The van der Waals surface area contributed by atoms with Crippen LogP contribution in [0, 0.1) is 5.92 Å². The minimum absolute atomic E-state index is 0.532. The lowest BCUT2D eigenvalue weighted by Gasteiger charge is -2.16. The first kappa shape index (κ1) is 33.3. The third-order valence-corrected chi connectivity index (χ3v) is 15.3. The number of fused-ring (bicyclic) bond motifs is 12. The standard InChI is InChI=1S/C55H36N2S2/c1-33-30-31-49-45(32-33)38-18-6-9-27-48(38)57(49)51-29-13-24-44-42-22-11-20-40(53(42)59-55(44)51)35-15-3-2-14-34(35)39-19-10-21-41-43-23-12-28-50(54(43)58-52(39)41)56-46-25-7-4-16-36(46)37-17-5-8-26-47(37)56/h2-31,33H,32H2,1H3. The molecule has 0 bridgehead atoms. The fraction of sp³-hybridized carbons (Fsp3) is 0.0545. The van der Waals surface area contributed by atoms with E-state index in [1.165, 1.54) is 118 Å². The number of hydrogen-bond acceptors (Lipinski definition) is 2. The zero-order valence-corrected chi connectivity index (χ0v) is 33.9. The van der Waals surface area contributed by atoms with Gasteiger partial charge in [-0.15, -0.1) is 22.7 Å². The van der Waals surface area contributed by atoms with Gasteiger partial charge in [0.2, 0.25) is 0 Å². The molecule has 0 fully saturated rings. The van der Waals surface area contributed by atoms with E-state index in [1.54, 1.807) is 0 Å². The molecule has 4 heterocycles. The molecule has 13 rings (SSSR count). The summed E-state index contributed by atoms with van der Waals surface area (Å²) in [6.45, 7) is 2.32. The van der Waals surface area contributed by atoms with E-state index in [0.29, 0.717) is 5.92 Å². The summed E-state index contributed by atoms with van der Waals surface area (Å²) in [5, 5.41) is 9.15. The quantitative estimate of drug-likeness (QED) is 0.168. The predicted molar refractivity (Wildman–Crippen MR) is 256 cm³/mol. The molecule has 1 aliphatic carbocycles. The number of nitrogens with zero attached hydrogens (tertiary/aromatic N) is 2. The molecule has 0 N–H and O–H groups in total. The lowest BCUT2D eigenvalue weighted by atomic mass is 9.93. The number of allylic oxidation sites excluding steroid dienone is 1. The van der Waals surface area contributed by atoms with Gasteiger partial charge in [0.05, 0.1) is 37.3 Å². The molecule has 1 unspecified atom stereocenters. The highest BCUT2D eigenvalue weighted by Crippen LogP contribution is 2.49. The molecule has 0 saturated heterocycles. The van der Waals surface area contributed by atoms with E-state index in [-0.39, 0.29) is 0 Å². The average molecular weight is 789 g/mol. The first-order valence-corrected chi connectivity index (χ1v) is 22.1. The van der Waals surface area contributed by atoms with Crippen LogP contribution >= 0.6 is 22.7 Å². The molecular formula is C55H36N2S2. The minimum atomic E-state index is 0.532. The second-order valence-electron chi connectivity index (χ2n) is 16.0. The monoisotopic (exact) mass is 788 g/mol. The van der Waals surface area contributed by atoms with Crippen molar-refractivity contribution in [1.82, 2.24) is 9.13 Å². The lowest BCUT2D eigenvalue weighted by molar-refractivity contribution is 0.718. The molecule has 4 aromatic heterocycles. The molecule has 12 aromatic rings. The smallest absolute Gasteiger partial charge is 0.0640 e. The molecule has 0 radical (unpaired) electrons. The van der Waals surface area contributed by atoms with E-state index in [1.807, 2.05) is 22.7 Å². The average Bonchev–Trinajstić information content (AvgIpc) is 4.04. The zero-order chi connectivity index (χ0) is 38.8. The van der Waals surface area contributed by atoms with Crippen LogP contribution in [0.2, 0.25) is 0 Å². The van der Waals surface area contributed by atoms with Crippen LogP contribution in [0.15, 0.2) is 176 Å². The van der Waals surface area contributed by atoms with Crippen molar-refractivity contribution in [3.8, 4) is 33.6 Å². The maximum atomic E-state index is 2.52. The number of hydrogen-bond donors (Lipinski definition) is 0. The van der Waals surface area contributed by atoms with Crippen LogP contribution < -0.4 is 0 Å². The number of rotatable bonds is 4. The van der Waals surface area contributed by atoms with Gasteiger partial charge in [0.1, 0.15) is 0 Å². The topological polar surface area (TPSA) is 9.86 Å². The van der Waals surface area contributed by atoms with E-state index in [0.717, 1.165) is 6.42 Å². The van der Waals surface area contributed by atoms with E-state index < -0.39 is 0 Å². The van der Waals surface area contributed by atoms with E-state index in [4.69, 9.17) is 0 Å². The second kappa shape index (κ2) is 12.6. The fourth-order valence-electron chi connectivity index (χ4n) is 10.1. The summed E-state index contributed by atoms with van der Waals surface area (Å²) >= 11 is 3.86. The molecule has 4 heteroatoms. The molecular weight excluding hydrogens is 753 g/mol. The summed E-state index contributed by atoms with van der Waals surface area (Å²) in [4.78, 5) is 0. The number of aromatic nitrogens is 2. The van der Waals surface area contributed by atoms with Gasteiger partial charge in [-0.2, -0.15) is 0 Å². The molecule has 278 valence electrons. The van der Waals surface area contributed by atoms with E-state index >= 15 is 0 Å². The van der Waals surface area contributed by atoms with Gasteiger partial charge in [0.15, 0.2) is 0 Å². The summed E-state index contributed by atoms with van der Waals surface area (Å²) < 4.78 is 10.3. The summed E-state index contributed by atoms with van der Waals surface area (Å²) in [6.07, 6.45) is 5.80. The largest absolute Gasteiger partial charge is 0.308 e. The number of thiophene rings is 2. The van der Waals surface area contributed by atoms with Gasteiger partial charge < -0.3 is 9.13 Å². The van der Waals surface area contributed by atoms with Gasteiger partial charge in [-0.25, -0.2) is 0 Å². The molecule has 1 atom stereocenters. The Labute approximate surface area is 349 Å². The third kappa shape index (κ3) is 4.73. The van der Waals surface area contributed by atoms with Crippen LogP contribution in [0.25, 0.3) is 113 Å². The molecule has 2 nitrogen and oxygen atoms in total. The summed E-state index contributed by atoms with van der Waals surface area (Å²) in [5.41, 5.74) is 14.1. The predicted octanol–water partition coefficient (Wildman–Crippen LogP) is 16.0. The van der Waals surface area contributed by atoms with Crippen LogP contribution in [0.1, 0.15) is 18.2 Å². The molecule has 1 aliphatic rings. The first-order chi connectivity index (χ1) is 29.2. The van der Waals surface area contributed by atoms with Crippen LogP contribution in [0.4, 0.5) is 0 Å². The maximum Gasteiger partial charge on any atom is 0.0640 e. The summed E-state index contributed by atoms with van der Waals surface area (Å²) in [5.74, 6) is 0.532. The summed E-state index contributed by atoms with van der Waals surface area (Å²) in [6, 6.07) is 63.1. The van der Waals surface area contributed by atoms with Crippen molar-refractivity contribution in [3.05, 3.63) is 187 Å². The van der Waals surface area contributed by atoms with E-state index in [9.17, 15) is 0 Å². The second-order valence-corrected chi connectivity index (χ2v) is 18.1. The number of para-hydroxylation sites is 3. The van der Waals surface area contributed by atoms with E-state index in [2.05, 4.69) is 198 Å². The Kier molecular flexibility index (Phi) is 7.13. The van der Waals surface area contributed by atoms with Crippen molar-refractivity contribution < 1.29 is 0 Å². The number of benzene rings is 8. The Balaban J connectivity index is 1.02. The Morgan fingerprint density at radius 1 is 0.390 bits per heavy atom. The van der Waals surface area contributed by atoms with Gasteiger partial charge in [0, 0.05) is 63.9 Å². The van der Waals surface area contributed by atoms with Crippen LogP contribution in [-0.2, 0) is 6.42 Å². The summed E-state index contributed by atoms with van der Waals surface area (Å²) in [7, 11) is 0. The Morgan fingerprint density at radius 2 is 0.797 bits per heavy atom. The zero-order valence-electron chi connectivity index (χ0n) is 32.3. The Hall–Kier alpha value is -6.72. The third-order valence-electron chi connectivity index (χ3n) is 12.7. The van der Waals surface area contributed by atoms with Gasteiger partial charge in [-0.1, -0.05) is 153 Å². The molecule has 0 spiro atoms. The fourth-order valence-corrected chi connectivity index (χ4v) is 12.8. The van der Waals surface area contributed by atoms with Gasteiger partial charge in [-0.3, -0.25) is 0 Å². The highest BCUT2D eigenvalue weighted by molar-refractivity contribution is 7.27. The lowest BCUT2D eigenvalue weighted by Crippen LogP contribution is -2.05. The van der Waals surface area contributed by atoms with Crippen LogP contribution in [0.5, 0.6) is 0 Å². The van der Waals surface area contributed by atoms with Gasteiger partial charge in [-0.05, 0) is 65.4 Å². The normalized spacial score (nSPS) is 14.2. The molecule has 0 amide bonds. The molecule has 0 saturated carbocycles. The van der Waals surface area contributed by atoms with Crippen LogP contribution in [0.3, 0.4) is 0 Å². The van der Waals surface area contributed by atoms with Crippen molar-refractivity contribution in [2.45, 2.75) is 13.3 Å². The highest BCUT2D eigenvalue weighted by atomic mass is 32.1. The SMILES string of the molecule is CC1C=Cc2c(c3ccccc3n2-c2cccc3c2sc2c(-c4ccccc4-c4cccc5c4sc4c(-n6c7ccccc7c7ccccc76)cccc45)cccc23)C1. The maximum absolute atomic E-state index is 2.52. The highest BCUT2D eigenvalue weighted by Gasteiger charge is 2.24.